The van der Waals surface area contributed by atoms with Crippen molar-refractivity contribution >= 4 is 11.8 Å². The maximum absolute atomic E-state index is 12.3. The minimum atomic E-state index is -0.890. The zero-order valence-electron chi connectivity index (χ0n) is 14.3. The molecule has 3 atom stereocenters. The summed E-state index contributed by atoms with van der Waals surface area (Å²) in [5, 5.41) is 10.1. The molecular weight excluding hydrogens is 322 g/mol. The fraction of sp³-hybridized carbons (Fsp3) is 0.474. The molecule has 1 fully saturated rings. The number of amides is 2. The van der Waals surface area contributed by atoms with Gasteiger partial charge in [0.25, 0.3) is 0 Å². The SMILES string of the molecule is COc1ccc(COC[C@H](O)CN2C(=O)[C@H]3CC=CC[C@H]3C2=O)cc1. The van der Waals surface area contributed by atoms with Gasteiger partial charge in [-0.1, -0.05) is 24.3 Å². The Hall–Kier alpha value is -2.18. The van der Waals surface area contributed by atoms with Crippen LogP contribution in [-0.2, 0) is 20.9 Å². The average Bonchev–Trinajstić information content (AvgIpc) is 2.88. The molecule has 0 aromatic heterocycles. The Bertz CT molecular complexity index is 628. The van der Waals surface area contributed by atoms with Crippen LogP contribution in [-0.4, -0.2) is 48.2 Å². The van der Waals surface area contributed by atoms with Gasteiger partial charge in [0, 0.05) is 0 Å². The van der Waals surface area contributed by atoms with Crippen LogP contribution < -0.4 is 4.74 Å². The van der Waals surface area contributed by atoms with Crippen LogP contribution in [0, 0.1) is 11.8 Å². The summed E-state index contributed by atoms with van der Waals surface area (Å²) in [5.41, 5.74) is 0.957. The van der Waals surface area contributed by atoms with Gasteiger partial charge in [-0.3, -0.25) is 14.5 Å². The Kier molecular flexibility index (Phi) is 5.50. The van der Waals surface area contributed by atoms with E-state index in [1.54, 1.807) is 7.11 Å². The number of fused-ring (bicyclic) bond motifs is 1. The number of rotatable bonds is 7. The number of methoxy groups -OCH3 is 1. The number of allylic oxidation sites excluding steroid dienone is 2. The third kappa shape index (κ3) is 3.91. The molecule has 0 bridgehead atoms. The first kappa shape index (κ1) is 17.6. The second kappa shape index (κ2) is 7.80. The predicted octanol–water partition coefficient (Wildman–Crippen LogP) is 1.52. The van der Waals surface area contributed by atoms with E-state index in [1.165, 1.54) is 4.90 Å². The van der Waals surface area contributed by atoms with E-state index in [2.05, 4.69) is 0 Å². The molecule has 0 unspecified atom stereocenters. The molecule has 25 heavy (non-hydrogen) atoms. The zero-order chi connectivity index (χ0) is 17.8. The Morgan fingerprint density at radius 2 is 1.72 bits per heavy atom. The minimum absolute atomic E-state index is 0.00667. The van der Waals surface area contributed by atoms with Crippen molar-refractivity contribution in [1.29, 1.82) is 0 Å². The number of imide groups is 1. The lowest BCUT2D eigenvalue weighted by Crippen LogP contribution is -2.39. The highest BCUT2D eigenvalue weighted by Gasteiger charge is 2.47. The molecular formula is C19H23NO5. The molecule has 6 heteroatoms. The summed E-state index contributed by atoms with van der Waals surface area (Å²) >= 11 is 0. The summed E-state index contributed by atoms with van der Waals surface area (Å²) < 4.78 is 10.6. The van der Waals surface area contributed by atoms with E-state index in [1.807, 2.05) is 36.4 Å². The van der Waals surface area contributed by atoms with Crippen molar-refractivity contribution in [2.24, 2.45) is 11.8 Å². The summed E-state index contributed by atoms with van der Waals surface area (Å²) in [6.45, 7) is 0.405. The van der Waals surface area contributed by atoms with Crippen LogP contribution in [0.1, 0.15) is 18.4 Å². The number of carbonyl (C=O) groups is 2. The Morgan fingerprint density at radius 3 is 2.28 bits per heavy atom. The first-order valence-electron chi connectivity index (χ1n) is 8.49. The van der Waals surface area contributed by atoms with Gasteiger partial charge >= 0.3 is 0 Å². The number of benzene rings is 1. The number of hydrogen-bond acceptors (Lipinski definition) is 5. The molecule has 2 aliphatic rings. The number of aliphatic hydroxyl groups excluding tert-OH is 1. The molecule has 0 saturated carbocycles. The van der Waals surface area contributed by atoms with Crippen LogP contribution in [0.4, 0.5) is 0 Å². The standard InChI is InChI=1S/C19H23NO5/c1-24-15-8-6-13(7-9-15)11-25-12-14(21)10-20-18(22)16-4-2-3-5-17(16)19(20)23/h2-3,6-9,14,16-17,21H,4-5,10-12H2,1H3/t14-,16-,17+/m1/s1. The summed E-state index contributed by atoms with van der Waals surface area (Å²) in [6.07, 6.45) is 4.22. The van der Waals surface area contributed by atoms with E-state index in [-0.39, 0.29) is 36.8 Å². The van der Waals surface area contributed by atoms with Gasteiger partial charge in [-0.05, 0) is 30.5 Å². The molecule has 1 aliphatic heterocycles. The van der Waals surface area contributed by atoms with Crippen molar-refractivity contribution in [3.63, 3.8) is 0 Å². The number of carbonyl (C=O) groups excluding carboxylic acids is 2. The fourth-order valence-corrected chi connectivity index (χ4v) is 3.35. The summed E-state index contributed by atoms with van der Waals surface area (Å²) in [7, 11) is 1.61. The molecule has 2 amide bonds. The topological polar surface area (TPSA) is 76.1 Å². The van der Waals surface area contributed by atoms with Gasteiger partial charge in [-0.2, -0.15) is 0 Å². The Labute approximate surface area is 147 Å². The molecule has 0 spiro atoms. The van der Waals surface area contributed by atoms with Crippen molar-refractivity contribution < 1.29 is 24.2 Å². The molecule has 1 heterocycles. The fourth-order valence-electron chi connectivity index (χ4n) is 3.35. The number of ether oxygens (including phenoxy) is 2. The highest BCUT2D eigenvalue weighted by Crippen LogP contribution is 2.35. The monoisotopic (exact) mass is 345 g/mol. The lowest BCUT2D eigenvalue weighted by molar-refractivity contribution is -0.142. The van der Waals surface area contributed by atoms with Crippen molar-refractivity contribution in [3.05, 3.63) is 42.0 Å². The summed E-state index contributed by atoms with van der Waals surface area (Å²) in [6, 6.07) is 7.45. The number of β-amino-alcohol motifs (C(OH)–C–C–N with tert-alkyl or cyclic N) is 1. The van der Waals surface area contributed by atoms with Crippen LogP contribution in [0.15, 0.2) is 36.4 Å². The van der Waals surface area contributed by atoms with Crippen LogP contribution in [0.25, 0.3) is 0 Å². The molecule has 3 rings (SSSR count). The maximum Gasteiger partial charge on any atom is 0.233 e. The number of hydrogen-bond donors (Lipinski definition) is 1. The third-order valence-corrected chi connectivity index (χ3v) is 4.73. The third-order valence-electron chi connectivity index (χ3n) is 4.73. The molecule has 0 radical (unpaired) electrons. The highest BCUT2D eigenvalue weighted by molar-refractivity contribution is 6.05. The van der Waals surface area contributed by atoms with Crippen LogP contribution >= 0.6 is 0 Å². The Morgan fingerprint density at radius 1 is 1.12 bits per heavy atom. The van der Waals surface area contributed by atoms with Gasteiger partial charge in [0.2, 0.25) is 11.8 Å². The van der Waals surface area contributed by atoms with E-state index >= 15 is 0 Å². The van der Waals surface area contributed by atoms with Gasteiger partial charge in [-0.25, -0.2) is 0 Å². The van der Waals surface area contributed by atoms with E-state index in [4.69, 9.17) is 9.47 Å². The lowest BCUT2D eigenvalue weighted by atomic mass is 9.85. The highest BCUT2D eigenvalue weighted by atomic mass is 16.5. The smallest absolute Gasteiger partial charge is 0.233 e. The maximum atomic E-state index is 12.3. The molecule has 1 N–H and O–H groups in total. The van der Waals surface area contributed by atoms with Crippen molar-refractivity contribution in [2.75, 3.05) is 20.3 Å². The summed E-state index contributed by atoms with van der Waals surface area (Å²) in [5.74, 6) is -0.0947. The van der Waals surface area contributed by atoms with E-state index in [0.29, 0.717) is 19.4 Å². The van der Waals surface area contributed by atoms with Gasteiger partial charge < -0.3 is 14.6 Å². The summed E-state index contributed by atoms with van der Waals surface area (Å²) in [4.78, 5) is 25.9. The van der Waals surface area contributed by atoms with E-state index < -0.39 is 6.10 Å². The molecule has 6 nitrogen and oxygen atoms in total. The normalized spacial score (nSPS) is 23.7. The molecule has 134 valence electrons. The van der Waals surface area contributed by atoms with Crippen molar-refractivity contribution in [3.8, 4) is 5.75 Å². The average molecular weight is 345 g/mol. The second-order valence-corrected chi connectivity index (χ2v) is 6.46. The zero-order valence-corrected chi connectivity index (χ0v) is 14.3. The quantitative estimate of drug-likeness (QED) is 0.599. The minimum Gasteiger partial charge on any atom is -0.497 e. The van der Waals surface area contributed by atoms with Crippen LogP contribution in [0.5, 0.6) is 5.75 Å². The van der Waals surface area contributed by atoms with Crippen molar-refractivity contribution in [2.45, 2.75) is 25.6 Å². The van der Waals surface area contributed by atoms with Gasteiger partial charge in [0.15, 0.2) is 0 Å². The molecule has 1 aromatic rings. The van der Waals surface area contributed by atoms with Gasteiger partial charge in [0.1, 0.15) is 5.75 Å². The molecule has 1 saturated heterocycles. The number of aliphatic hydroxyl groups is 1. The van der Waals surface area contributed by atoms with E-state index in [0.717, 1.165) is 11.3 Å². The number of nitrogens with zero attached hydrogens (tertiary/aromatic N) is 1. The first-order valence-corrected chi connectivity index (χ1v) is 8.49. The molecule has 1 aromatic carbocycles. The lowest BCUT2D eigenvalue weighted by Gasteiger charge is -2.19. The first-order chi connectivity index (χ1) is 12.1. The largest absolute Gasteiger partial charge is 0.497 e. The van der Waals surface area contributed by atoms with Gasteiger partial charge in [0.05, 0.1) is 44.8 Å². The predicted molar refractivity (Wildman–Crippen MR) is 90.7 cm³/mol. The second-order valence-electron chi connectivity index (χ2n) is 6.46. The van der Waals surface area contributed by atoms with Gasteiger partial charge in [-0.15, -0.1) is 0 Å². The van der Waals surface area contributed by atoms with Crippen LogP contribution in [0.3, 0.4) is 0 Å². The molecule has 1 aliphatic carbocycles. The number of likely N-dealkylation sites (tertiary alicyclic amines) is 1. The van der Waals surface area contributed by atoms with Crippen molar-refractivity contribution in [1.82, 2.24) is 4.90 Å². The van der Waals surface area contributed by atoms with E-state index in [9.17, 15) is 14.7 Å². The van der Waals surface area contributed by atoms with Crippen LogP contribution in [0.2, 0.25) is 0 Å². The Balaban J connectivity index is 1.46.